The molecule has 0 saturated carbocycles. The molecule has 5 nitrogen and oxygen atoms in total. The van der Waals surface area contributed by atoms with Crippen LogP contribution in [0.5, 0.6) is 0 Å². The molecule has 0 saturated heterocycles. The zero-order valence-electron chi connectivity index (χ0n) is 10.2. The Morgan fingerprint density at radius 1 is 1.58 bits per heavy atom. The Balaban J connectivity index is 2.07. The number of hydrogen-bond acceptors (Lipinski definition) is 3. The van der Waals surface area contributed by atoms with Crippen LogP contribution >= 0.6 is 11.6 Å². The SMILES string of the molecule is Cc1nn(CC(=O)Nc2cc(F)ccc2N)cc1Cl. The summed E-state index contributed by atoms with van der Waals surface area (Å²) < 4.78 is 14.4. The lowest BCUT2D eigenvalue weighted by Crippen LogP contribution is -2.19. The molecule has 0 fully saturated rings. The summed E-state index contributed by atoms with van der Waals surface area (Å²) >= 11 is 5.83. The maximum atomic E-state index is 13.0. The van der Waals surface area contributed by atoms with Gasteiger partial charge in [-0.2, -0.15) is 5.10 Å². The lowest BCUT2D eigenvalue weighted by molar-refractivity contribution is -0.116. The summed E-state index contributed by atoms with van der Waals surface area (Å²) in [5.74, 6) is -0.834. The molecule has 0 aliphatic carbocycles. The molecule has 2 aromatic rings. The van der Waals surface area contributed by atoms with Crippen LogP contribution in [0.1, 0.15) is 5.69 Å². The van der Waals surface area contributed by atoms with Gasteiger partial charge in [0.2, 0.25) is 5.91 Å². The number of aromatic nitrogens is 2. The molecule has 2 rings (SSSR count). The van der Waals surface area contributed by atoms with Gasteiger partial charge < -0.3 is 11.1 Å². The number of amides is 1. The molecule has 3 N–H and O–H groups in total. The van der Waals surface area contributed by atoms with E-state index in [4.69, 9.17) is 17.3 Å². The molecular formula is C12H12ClFN4O. The minimum Gasteiger partial charge on any atom is -0.397 e. The molecule has 1 heterocycles. The molecule has 7 heteroatoms. The number of nitrogen functional groups attached to an aromatic ring is 1. The van der Waals surface area contributed by atoms with Gasteiger partial charge in [0.15, 0.2) is 0 Å². The maximum absolute atomic E-state index is 13.0. The Bertz CT molecular complexity index is 607. The highest BCUT2D eigenvalue weighted by molar-refractivity contribution is 6.31. The van der Waals surface area contributed by atoms with Crippen LogP contribution in [0.4, 0.5) is 15.8 Å². The second-order valence-electron chi connectivity index (χ2n) is 4.04. The fourth-order valence-electron chi connectivity index (χ4n) is 1.55. The minimum absolute atomic E-state index is 0.0243. The van der Waals surface area contributed by atoms with Gasteiger partial charge in [-0.1, -0.05) is 11.6 Å². The van der Waals surface area contributed by atoms with Gasteiger partial charge >= 0.3 is 0 Å². The van der Waals surface area contributed by atoms with Crippen molar-refractivity contribution in [3.63, 3.8) is 0 Å². The van der Waals surface area contributed by atoms with Crippen LogP contribution in [0.3, 0.4) is 0 Å². The van der Waals surface area contributed by atoms with E-state index in [0.29, 0.717) is 16.4 Å². The molecule has 0 aliphatic heterocycles. The van der Waals surface area contributed by atoms with Gasteiger partial charge in [-0.15, -0.1) is 0 Å². The van der Waals surface area contributed by atoms with Gasteiger partial charge in [0.1, 0.15) is 12.4 Å². The molecule has 1 aromatic heterocycles. The highest BCUT2D eigenvalue weighted by Gasteiger charge is 2.09. The van der Waals surface area contributed by atoms with Crippen LogP contribution in [0.25, 0.3) is 0 Å². The van der Waals surface area contributed by atoms with Crippen molar-refractivity contribution in [3.8, 4) is 0 Å². The van der Waals surface area contributed by atoms with Gasteiger partial charge in [-0.3, -0.25) is 9.48 Å². The van der Waals surface area contributed by atoms with E-state index in [2.05, 4.69) is 10.4 Å². The fraction of sp³-hybridized carbons (Fsp3) is 0.167. The van der Waals surface area contributed by atoms with Gasteiger partial charge in [-0.05, 0) is 25.1 Å². The van der Waals surface area contributed by atoms with Crippen LogP contribution < -0.4 is 11.1 Å². The normalized spacial score (nSPS) is 10.5. The number of nitrogens with two attached hydrogens (primary N) is 1. The molecule has 0 spiro atoms. The van der Waals surface area contributed by atoms with E-state index in [0.717, 1.165) is 6.07 Å². The van der Waals surface area contributed by atoms with Crippen LogP contribution in [-0.2, 0) is 11.3 Å². The predicted octanol–water partition coefficient (Wildman–Crippen LogP) is 2.20. The van der Waals surface area contributed by atoms with Crippen molar-refractivity contribution in [2.24, 2.45) is 0 Å². The third kappa shape index (κ3) is 3.23. The molecular weight excluding hydrogens is 271 g/mol. The van der Waals surface area contributed by atoms with Crippen LogP contribution in [-0.4, -0.2) is 15.7 Å². The number of hydrogen-bond donors (Lipinski definition) is 2. The van der Waals surface area contributed by atoms with Crippen molar-refractivity contribution in [1.29, 1.82) is 0 Å². The number of benzene rings is 1. The van der Waals surface area contributed by atoms with E-state index >= 15 is 0 Å². The zero-order valence-corrected chi connectivity index (χ0v) is 10.9. The summed E-state index contributed by atoms with van der Waals surface area (Å²) in [5, 5.41) is 7.06. The van der Waals surface area contributed by atoms with Crippen molar-refractivity contribution in [2.75, 3.05) is 11.1 Å². The Morgan fingerprint density at radius 3 is 2.95 bits per heavy atom. The fourth-order valence-corrected chi connectivity index (χ4v) is 1.70. The number of anilines is 2. The molecule has 0 aliphatic rings. The Kier molecular flexibility index (Phi) is 3.71. The number of aryl methyl sites for hydroxylation is 1. The molecule has 0 bridgehead atoms. The second kappa shape index (κ2) is 5.27. The first-order chi connectivity index (χ1) is 8.95. The predicted molar refractivity (Wildman–Crippen MR) is 71.4 cm³/mol. The van der Waals surface area contributed by atoms with Crippen molar-refractivity contribution >= 4 is 28.9 Å². The third-order valence-corrected chi connectivity index (χ3v) is 2.85. The molecule has 0 radical (unpaired) electrons. The van der Waals surface area contributed by atoms with Crippen molar-refractivity contribution in [3.05, 3.63) is 40.9 Å². The highest BCUT2D eigenvalue weighted by Crippen LogP contribution is 2.19. The first kappa shape index (κ1) is 13.4. The van der Waals surface area contributed by atoms with Crippen molar-refractivity contribution in [2.45, 2.75) is 13.5 Å². The minimum atomic E-state index is -0.470. The summed E-state index contributed by atoms with van der Waals surface area (Å²) in [4.78, 5) is 11.8. The summed E-state index contributed by atoms with van der Waals surface area (Å²) in [6, 6.07) is 3.77. The van der Waals surface area contributed by atoms with Crippen LogP contribution in [0, 0.1) is 12.7 Å². The standard InChI is InChI=1S/C12H12ClFN4O/c1-7-9(13)5-18(17-7)6-12(19)16-11-4-8(14)2-3-10(11)15/h2-5H,6,15H2,1H3,(H,16,19). The monoisotopic (exact) mass is 282 g/mol. The molecule has 0 unspecified atom stereocenters. The van der Waals surface area contributed by atoms with Gasteiger partial charge in [0.05, 0.1) is 22.1 Å². The van der Waals surface area contributed by atoms with Crippen molar-refractivity contribution in [1.82, 2.24) is 9.78 Å². The summed E-state index contributed by atoms with van der Waals surface area (Å²) in [7, 11) is 0. The summed E-state index contributed by atoms with van der Waals surface area (Å²) in [5.41, 5.74) is 6.80. The molecule has 1 aromatic carbocycles. The van der Waals surface area contributed by atoms with E-state index in [-0.39, 0.29) is 18.1 Å². The molecule has 1 amide bonds. The van der Waals surface area contributed by atoms with Gasteiger partial charge in [0, 0.05) is 6.20 Å². The number of rotatable bonds is 3. The largest absolute Gasteiger partial charge is 0.397 e. The average molecular weight is 283 g/mol. The lowest BCUT2D eigenvalue weighted by Gasteiger charge is -2.08. The third-order valence-electron chi connectivity index (χ3n) is 2.48. The zero-order chi connectivity index (χ0) is 14.0. The topological polar surface area (TPSA) is 72.9 Å². The smallest absolute Gasteiger partial charge is 0.246 e. The summed E-state index contributed by atoms with van der Waals surface area (Å²) in [6.07, 6.45) is 1.55. The number of carbonyl (C=O) groups is 1. The van der Waals surface area contributed by atoms with E-state index < -0.39 is 5.82 Å². The van der Waals surface area contributed by atoms with Gasteiger partial charge in [-0.25, -0.2) is 4.39 Å². The van der Waals surface area contributed by atoms with E-state index in [1.54, 1.807) is 13.1 Å². The Labute approximate surface area is 114 Å². The quantitative estimate of drug-likeness (QED) is 0.848. The highest BCUT2D eigenvalue weighted by atomic mass is 35.5. The average Bonchev–Trinajstić information content (AvgIpc) is 2.63. The molecule has 19 heavy (non-hydrogen) atoms. The van der Waals surface area contributed by atoms with Crippen LogP contribution in [0.2, 0.25) is 5.02 Å². The number of carbonyl (C=O) groups excluding carboxylic acids is 1. The van der Waals surface area contributed by atoms with Crippen molar-refractivity contribution < 1.29 is 9.18 Å². The van der Waals surface area contributed by atoms with E-state index in [1.165, 1.54) is 16.8 Å². The first-order valence-electron chi connectivity index (χ1n) is 5.50. The Morgan fingerprint density at radius 2 is 2.32 bits per heavy atom. The first-order valence-corrected chi connectivity index (χ1v) is 5.88. The maximum Gasteiger partial charge on any atom is 0.246 e. The number of nitrogens with one attached hydrogen (secondary N) is 1. The molecule has 0 atom stereocenters. The lowest BCUT2D eigenvalue weighted by atomic mass is 10.2. The molecule has 100 valence electrons. The van der Waals surface area contributed by atoms with Gasteiger partial charge in [0.25, 0.3) is 0 Å². The van der Waals surface area contributed by atoms with Crippen LogP contribution in [0.15, 0.2) is 24.4 Å². The second-order valence-corrected chi connectivity index (χ2v) is 4.45. The number of halogens is 2. The van der Waals surface area contributed by atoms with E-state index in [1.807, 2.05) is 0 Å². The Hall–Kier alpha value is -2.08. The van der Waals surface area contributed by atoms with E-state index in [9.17, 15) is 9.18 Å². The summed E-state index contributed by atoms with van der Waals surface area (Å²) in [6.45, 7) is 1.71. The number of nitrogens with zero attached hydrogens (tertiary/aromatic N) is 2.